The quantitative estimate of drug-likeness (QED) is 0.391. The molecule has 0 saturated heterocycles. The zero-order chi connectivity index (χ0) is 10.8. The van der Waals surface area contributed by atoms with Crippen LogP contribution in [-0.2, 0) is 9.59 Å². The minimum Gasteiger partial charge on any atom is -0.222 e. The van der Waals surface area contributed by atoms with Crippen molar-refractivity contribution in [2.45, 2.75) is 85.1 Å². The smallest absolute Gasteiger partial charge is 0.222 e. The molecule has 0 radical (unpaired) electrons. The summed E-state index contributed by atoms with van der Waals surface area (Å²) in [6.45, 7) is 8.50. The Morgan fingerprint density at radius 2 is 0.611 bits per heavy atom. The fourth-order valence-electron chi connectivity index (χ4n) is 0. The Balaban J connectivity index is -0.00000000533. The van der Waals surface area contributed by atoms with Crippen LogP contribution >= 0.6 is 0 Å². The van der Waals surface area contributed by atoms with Gasteiger partial charge >= 0.3 is 0 Å². The Bertz CT molecular complexity index is 90.4. The Labute approximate surface area is 118 Å². The highest BCUT2D eigenvalue weighted by molar-refractivity contribution is 5.26. The van der Waals surface area contributed by atoms with Gasteiger partial charge in [-0.05, 0) is 0 Å². The van der Waals surface area contributed by atoms with Crippen molar-refractivity contribution in [2.75, 3.05) is 0 Å². The molecule has 4 heteroatoms. The summed E-state index contributed by atoms with van der Waals surface area (Å²) >= 11 is 0. The van der Waals surface area contributed by atoms with Crippen LogP contribution in [-0.4, -0.2) is 12.2 Å². The maximum Gasteiger partial charge on any atom is 0.231 e. The predicted molar refractivity (Wildman–Crippen MR) is 89.1 cm³/mol. The lowest BCUT2D eigenvalue weighted by atomic mass is 10.6. The fraction of sp³-hybridized carbons (Fsp3) is 0.857. The van der Waals surface area contributed by atoms with Crippen LogP contribution in [0.1, 0.15) is 85.1 Å². The van der Waals surface area contributed by atoms with Crippen molar-refractivity contribution in [1.29, 1.82) is 10.8 Å². The van der Waals surface area contributed by atoms with Gasteiger partial charge in [-0.15, -0.1) is 0 Å². The first-order valence-electron chi connectivity index (χ1n) is 3.74. The van der Waals surface area contributed by atoms with E-state index >= 15 is 0 Å². The van der Waals surface area contributed by atoms with Crippen LogP contribution in [0.25, 0.3) is 0 Å². The van der Waals surface area contributed by atoms with Gasteiger partial charge < -0.3 is 0 Å². The van der Waals surface area contributed by atoms with Gasteiger partial charge in [-0.25, -0.2) is 20.4 Å². The van der Waals surface area contributed by atoms with Crippen LogP contribution in [0.2, 0.25) is 0 Å². The Morgan fingerprint density at radius 3 is 0.611 bits per heavy atom. The summed E-state index contributed by atoms with van der Waals surface area (Å²) in [4.78, 5) is 16.7. The normalized spacial score (nSPS) is 2.89. The number of nitrogens with one attached hydrogen (secondary N) is 2. The fourth-order valence-corrected chi connectivity index (χ4v) is 0. The topological polar surface area (TPSA) is 81.8 Å². The monoisotopic (exact) mass is 270 g/mol. The molecule has 0 aromatic carbocycles. The average Bonchev–Trinajstić information content (AvgIpc) is 1.92. The molecule has 0 unspecified atom stereocenters. The van der Waals surface area contributed by atoms with Crippen molar-refractivity contribution >= 4 is 12.2 Å². The molecule has 0 aromatic heterocycles. The third-order valence-corrected chi connectivity index (χ3v) is 0. The molecule has 4 nitrogen and oxygen atoms in total. The van der Waals surface area contributed by atoms with E-state index in [1.54, 1.807) is 0 Å². The molecular weight excluding hydrogens is 228 g/mol. The highest BCUT2D eigenvalue weighted by Crippen LogP contribution is 1.56. The van der Waals surface area contributed by atoms with Crippen LogP contribution in [0.3, 0.4) is 0 Å². The van der Waals surface area contributed by atoms with Gasteiger partial charge in [-0.1, -0.05) is 85.1 Å². The molecule has 0 heterocycles. The van der Waals surface area contributed by atoms with Gasteiger partial charge in [0, 0.05) is 0 Å². The maximum atomic E-state index is 8.35. The van der Waals surface area contributed by atoms with Crippen LogP contribution in [0.5, 0.6) is 0 Å². The molecule has 0 amide bonds. The molecule has 0 rings (SSSR count). The van der Waals surface area contributed by atoms with Gasteiger partial charge in [-0.3, -0.25) is 0 Å². The van der Waals surface area contributed by atoms with Crippen molar-refractivity contribution in [1.82, 2.24) is 0 Å². The molecule has 0 saturated carbocycles. The van der Waals surface area contributed by atoms with Crippen LogP contribution in [0, 0.1) is 10.8 Å². The highest BCUT2D eigenvalue weighted by atomic mass is 16.1. The predicted octanol–water partition coefficient (Wildman–Crippen LogP) is 6.45. The molecule has 0 aliphatic carbocycles. The van der Waals surface area contributed by atoms with Crippen molar-refractivity contribution in [2.24, 2.45) is 0 Å². The molecule has 0 aliphatic heterocycles. The van der Waals surface area contributed by atoms with Crippen LogP contribution < -0.4 is 0 Å². The summed E-state index contributed by atoms with van der Waals surface area (Å²) in [6, 6.07) is 0. The number of carbonyl (C=O) groups excluding carboxylic acids is 2. The van der Waals surface area contributed by atoms with Gasteiger partial charge in [0.2, 0.25) is 12.2 Å². The number of hydrogen-bond donors (Lipinski definition) is 2. The molecule has 0 aromatic rings. The van der Waals surface area contributed by atoms with E-state index in [9.17, 15) is 0 Å². The van der Waals surface area contributed by atoms with Gasteiger partial charge in [0.25, 0.3) is 0 Å². The van der Waals surface area contributed by atoms with E-state index in [2.05, 4.69) is 27.7 Å². The van der Waals surface area contributed by atoms with Crippen LogP contribution in [0.15, 0.2) is 0 Å². The maximum absolute atomic E-state index is 8.35. The van der Waals surface area contributed by atoms with Crippen molar-refractivity contribution in [3.8, 4) is 0 Å². The first-order valence-corrected chi connectivity index (χ1v) is 3.74. The van der Waals surface area contributed by atoms with Gasteiger partial charge in [0.1, 0.15) is 0 Å². The summed E-state index contributed by atoms with van der Waals surface area (Å²) < 4.78 is 0. The molecule has 18 heavy (non-hydrogen) atoms. The Hall–Kier alpha value is -1.24. The zero-order valence-corrected chi connectivity index (χ0v) is 8.23. The summed E-state index contributed by atoms with van der Waals surface area (Å²) in [5, 5.41) is 10.8. The Kier molecular flexibility index (Phi) is 2280. The largest absolute Gasteiger partial charge is 0.231 e. The number of isocyanates is 2. The molecule has 0 fully saturated rings. The van der Waals surface area contributed by atoms with E-state index in [0.717, 1.165) is 12.2 Å². The van der Waals surface area contributed by atoms with Crippen LogP contribution in [0.4, 0.5) is 0 Å². The average molecular weight is 271 g/mol. The number of rotatable bonds is 0. The Morgan fingerprint density at radius 1 is 0.611 bits per heavy atom. The van der Waals surface area contributed by atoms with E-state index in [4.69, 9.17) is 20.4 Å². The van der Waals surface area contributed by atoms with Gasteiger partial charge in [0.15, 0.2) is 0 Å². The lowest BCUT2D eigenvalue weighted by Gasteiger charge is -1.48. The molecule has 2 N–H and O–H groups in total. The highest BCUT2D eigenvalue weighted by Gasteiger charge is 1.36. The summed E-state index contributed by atoms with van der Waals surface area (Å²) in [7, 11) is 0. The lowest BCUT2D eigenvalue weighted by molar-refractivity contribution is 0.562. The first-order chi connectivity index (χ1) is 5.66. The van der Waals surface area contributed by atoms with Crippen molar-refractivity contribution in [3.63, 3.8) is 0 Å². The second-order valence-electron chi connectivity index (χ2n) is 1.62. The van der Waals surface area contributed by atoms with Gasteiger partial charge in [-0.2, -0.15) is 0 Å². The second kappa shape index (κ2) is 451. The van der Waals surface area contributed by atoms with E-state index < -0.39 is 0 Å². The van der Waals surface area contributed by atoms with E-state index in [0.29, 0.717) is 0 Å². The standard InChI is InChI=1S/2C3H8.2CHNO.6CH4/c2*1-3-2;2*2-1-3;;;;;;/h2*3H2,1-2H3;2*2H;6*1H4. The molecule has 0 spiro atoms. The summed E-state index contributed by atoms with van der Waals surface area (Å²) in [5.74, 6) is 0. The van der Waals surface area contributed by atoms with E-state index in [1.807, 2.05) is 0 Å². The minimum absolute atomic E-state index is 0. The molecule has 0 aliphatic rings. The SMILES string of the molecule is C.C.C.C.C.C.CCC.CCC.N=C=O.N=C=O. The zero-order valence-electron chi connectivity index (χ0n) is 8.23. The molecule has 120 valence electrons. The third kappa shape index (κ3) is 1820. The van der Waals surface area contributed by atoms with Crippen molar-refractivity contribution < 1.29 is 9.59 Å². The lowest BCUT2D eigenvalue weighted by Crippen LogP contribution is -1.27. The second-order valence-corrected chi connectivity index (χ2v) is 1.62. The minimum atomic E-state index is 0. The molecular formula is C14H42N2O2. The summed E-state index contributed by atoms with van der Waals surface area (Å²) in [6.07, 6.45) is 4.00. The molecule has 0 atom stereocenters. The van der Waals surface area contributed by atoms with Crippen molar-refractivity contribution in [3.05, 3.63) is 0 Å². The first kappa shape index (κ1) is 91.1. The van der Waals surface area contributed by atoms with E-state index in [1.165, 1.54) is 12.8 Å². The van der Waals surface area contributed by atoms with E-state index in [-0.39, 0.29) is 44.6 Å². The third-order valence-electron chi connectivity index (χ3n) is 0. The van der Waals surface area contributed by atoms with Gasteiger partial charge in [0.05, 0.1) is 0 Å². The molecule has 0 bridgehead atoms. The number of hydrogen-bond acceptors (Lipinski definition) is 4. The summed E-state index contributed by atoms with van der Waals surface area (Å²) in [5.41, 5.74) is 0.